The Morgan fingerprint density at radius 1 is 1.42 bits per heavy atom. The lowest BCUT2D eigenvalue weighted by Gasteiger charge is -2.17. The van der Waals surface area contributed by atoms with Crippen molar-refractivity contribution >= 4 is 12.3 Å². The first-order valence-corrected chi connectivity index (χ1v) is 6.95. The van der Waals surface area contributed by atoms with Gasteiger partial charge in [-0.05, 0) is 37.5 Å². The van der Waals surface area contributed by atoms with Gasteiger partial charge in [-0.1, -0.05) is 19.1 Å². The Morgan fingerprint density at radius 3 is 2.79 bits per heavy atom. The van der Waals surface area contributed by atoms with Crippen molar-refractivity contribution in [3.8, 4) is 0 Å². The Kier molecular flexibility index (Phi) is 6.78. The number of methoxy groups -OCH3 is 1. The van der Waals surface area contributed by atoms with Crippen LogP contribution in [0.4, 0.5) is 0 Å². The first-order valence-electron chi connectivity index (χ1n) is 6.95. The minimum atomic E-state index is -0.370. The molecule has 1 N–H and O–H groups in total. The van der Waals surface area contributed by atoms with Crippen molar-refractivity contribution in [1.29, 1.82) is 0 Å². The van der Waals surface area contributed by atoms with E-state index in [0.717, 1.165) is 25.5 Å². The van der Waals surface area contributed by atoms with Gasteiger partial charge in [0, 0.05) is 12.3 Å². The second-order valence-corrected chi connectivity index (χ2v) is 5.33. The third-order valence-electron chi connectivity index (χ3n) is 3.97. The monoisotopic (exact) mass is 268 g/mol. The lowest BCUT2D eigenvalue weighted by molar-refractivity contribution is -0.140. The average Bonchev–Trinajstić information content (AvgIpc) is 2.67. The normalized spacial score (nSPS) is 30.7. The van der Waals surface area contributed by atoms with E-state index in [1.165, 1.54) is 7.11 Å². The van der Waals surface area contributed by atoms with E-state index in [4.69, 9.17) is 0 Å². The second-order valence-electron chi connectivity index (χ2n) is 5.33. The summed E-state index contributed by atoms with van der Waals surface area (Å²) in [6.45, 7) is 2.02. The summed E-state index contributed by atoms with van der Waals surface area (Å²) in [7, 11) is 1.39. The molecule has 1 aliphatic rings. The molecule has 4 atom stereocenters. The molecule has 0 saturated heterocycles. The van der Waals surface area contributed by atoms with Crippen molar-refractivity contribution in [1.82, 2.24) is 0 Å². The number of ether oxygens (including phenoxy) is 1. The van der Waals surface area contributed by atoms with Crippen molar-refractivity contribution in [3.05, 3.63) is 12.2 Å². The molecule has 1 rings (SSSR count). The Hall–Kier alpha value is -1.16. The molecule has 1 unspecified atom stereocenters. The van der Waals surface area contributed by atoms with Gasteiger partial charge in [0.1, 0.15) is 6.29 Å². The summed E-state index contributed by atoms with van der Waals surface area (Å²) in [6.07, 6.45) is 8.10. The van der Waals surface area contributed by atoms with Gasteiger partial charge in [-0.25, -0.2) is 0 Å². The molecule has 4 heteroatoms. The van der Waals surface area contributed by atoms with Crippen molar-refractivity contribution < 1.29 is 19.4 Å². The lowest BCUT2D eigenvalue weighted by Crippen LogP contribution is -2.20. The van der Waals surface area contributed by atoms with Gasteiger partial charge in [-0.3, -0.25) is 4.79 Å². The van der Waals surface area contributed by atoms with E-state index >= 15 is 0 Å². The fraction of sp³-hybridized carbons (Fsp3) is 0.733. The Labute approximate surface area is 114 Å². The van der Waals surface area contributed by atoms with Crippen LogP contribution >= 0.6 is 0 Å². The first kappa shape index (κ1) is 15.9. The van der Waals surface area contributed by atoms with Crippen molar-refractivity contribution in [2.24, 2.45) is 17.8 Å². The van der Waals surface area contributed by atoms with Gasteiger partial charge in [-0.15, -0.1) is 0 Å². The van der Waals surface area contributed by atoms with Crippen molar-refractivity contribution in [2.45, 2.75) is 45.1 Å². The Morgan fingerprint density at radius 2 is 2.16 bits per heavy atom. The van der Waals surface area contributed by atoms with E-state index in [1.807, 2.05) is 19.1 Å². The summed E-state index contributed by atoms with van der Waals surface area (Å²) in [6, 6.07) is 0. The molecule has 0 bridgehead atoms. The van der Waals surface area contributed by atoms with Gasteiger partial charge in [0.05, 0.1) is 13.2 Å². The van der Waals surface area contributed by atoms with E-state index < -0.39 is 0 Å². The number of aliphatic hydroxyl groups excluding tert-OH is 1. The van der Waals surface area contributed by atoms with Gasteiger partial charge in [0.2, 0.25) is 0 Å². The zero-order valence-corrected chi connectivity index (χ0v) is 11.7. The van der Waals surface area contributed by atoms with Crippen LogP contribution in [0.25, 0.3) is 0 Å². The predicted octanol–water partition coefficient (Wildman–Crippen LogP) is 2.11. The standard InChI is InChI=1S/C15H24O4/c1-11-9-14(17)12(13(11)10-16)7-5-3-4-6-8-15(18)19-2/h3,5,10-14,17H,4,6-9H2,1-2H3/b5-3-/t11?,12-,13+,14+/m1/s1. The van der Waals surface area contributed by atoms with Crippen LogP contribution in [0.2, 0.25) is 0 Å². The van der Waals surface area contributed by atoms with Crippen LogP contribution in [-0.2, 0) is 14.3 Å². The van der Waals surface area contributed by atoms with Gasteiger partial charge in [-0.2, -0.15) is 0 Å². The van der Waals surface area contributed by atoms with Crippen LogP contribution in [0, 0.1) is 17.8 Å². The summed E-state index contributed by atoms with van der Waals surface area (Å²) in [5.41, 5.74) is 0. The second kappa shape index (κ2) is 8.10. The zero-order chi connectivity index (χ0) is 14.3. The quantitative estimate of drug-likeness (QED) is 0.332. The molecule has 0 aliphatic heterocycles. The van der Waals surface area contributed by atoms with Crippen LogP contribution in [0.3, 0.4) is 0 Å². The SMILES string of the molecule is COC(=O)CCC/C=C\C[C@H]1[C@@H](O)CC(C)[C@@H]1C=O. The molecule has 0 radical (unpaired) electrons. The maximum atomic E-state index is 11.0. The highest BCUT2D eigenvalue weighted by molar-refractivity contribution is 5.69. The summed E-state index contributed by atoms with van der Waals surface area (Å²) < 4.78 is 4.56. The number of rotatable bonds is 7. The Bertz CT molecular complexity index is 324. The van der Waals surface area contributed by atoms with Crippen molar-refractivity contribution in [3.63, 3.8) is 0 Å². The molecule has 108 valence electrons. The molecule has 1 saturated carbocycles. The molecular formula is C15H24O4. The lowest BCUT2D eigenvalue weighted by atomic mass is 9.89. The van der Waals surface area contributed by atoms with Gasteiger partial charge < -0.3 is 14.6 Å². The minimum absolute atomic E-state index is 0.0327. The van der Waals surface area contributed by atoms with Gasteiger partial charge in [0.25, 0.3) is 0 Å². The molecular weight excluding hydrogens is 244 g/mol. The number of hydrogen-bond donors (Lipinski definition) is 1. The molecule has 4 nitrogen and oxygen atoms in total. The highest BCUT2D eigenvalue weighted by Crippen LogP contribution is 2.38. The highest BCUT2D eigenvalue weighted by atomic mass is 16.5. The zero-order valence-electron chi connectivity index (χ0n) is 11.7. The fourth-order valence-electron chi connectivity index (χ4n) is 2.78. The number of carbonyl (C=O) groups is 2. The summed E-state index contributed by atoms with van der Waals surface area (Å²) in [5.74, 6) is 0.0961. The number of aldehydes is 1. The van der Waals surface area contributed by atoms with E-state index in [9.17, 15) is 14.7 Å². The smallest absolute Gasteiger partial charge is 0.305 e. The topological polar surface area (TPSA) is 63.6 Å². The average molecular weight is 268 g/mol. The number of unbranched alkanes of at least 4 members (excludes halogenated alkanes) is 1. The third kappa shape index (κ3) is 4.78. The number of hydrogen-bond acceptors (Lipinski definition) is 4. The molecule has 0 aromatic rings. The van der Waals surface area contributed by atoms with E-state index in [1.54, 1.807) is 0 Å². The molecule has 0 heterocycles. The number of allylic oxidation sites excluding steroid dienone is 2. The maximum absolute atomic E-state index is 11.0. The van der Waals surface area contributed by atoms with Gasteiger partial charge in [0.15, 0.2) is 0 Å². The van der Waals surface area contributed by atoms with Gasteiger partial charge >= 0.3 is 5.97 Å². The van der Waals surface area contributed by atoms with Crippen LogP contribution in [0.1, 0.15) is 39.0 Å². The first-order chi connectivity index (χ1) is 9.10. The molecule has 0 aromatic heterocycles. The van der Waals surface area contributed by atoms with E-state index in [-0.39, 0.29) is 29.8 Å². The fourth-order valence-corrected chi connectivity index (χ4v) is 2.78. The molecule has 0 aromatic carbocycles. The van der Waals surface area contributed by atoms with Crippen LogP contribution in [-0.4, -0.2) is 30.6 Å². The van der Waals surface area contributed by atoms with Crippen molar-refractivity contribution in [2.75, 3.05) is 7.11 Å². The molecule has 1 fully saturated rings. The molecule has 0 amide bonds. The van der Waals surface area contributed by atoms with E-state index in [2.05, 4.69) is 4.74 Å². The van der Waals surface area contributed by atoms with Crippen LogP contribution in [0.5, 0.6) is 0 Å². The van der Waals surface area contributed by atoms with Crippen LogP contribution < -0.4 is 0 Å². The minimum Gasteiger partial charge on any atom is -0.469 e. The largest absolute Gasteiger partial charge is 0.469 e. The third-order valence-corrected chi connectivity index (χ3v) is 3.97. The number of carbonyl (C=O) groups excluding carboxylic acids is 2. The molecule has 19 heavy (non-hydrogen) atoms. The summed E-state index contributed by atoms with van der Waals surface area (Å²) >= 11 is 0. The predicted molar refractivity (Wildman–Crippen MR) is 72.5 cm³/mol. The van der Waals surface area contributed by atoms with E-state index in [0.29, 0.717) is 12.8 Å². The number of esters is 1. The maximum Gasteiger partial charge on any atom is 0.305 e. The summed E-state index contributed by atoms with van der Waals surface area (Å²) in [4.78, 5) is 21.9. The Balaban J connectivity index is 2.27. The highest BCUT2D eigenvalue weighted by Gasteiger charge is 2.38. The van der Waals surface area contributed by atoms with Crippen LogP contribution in [0.15, 0.2) is 12.2 Å². The summed E-state index contributed by atoms with van der Waals surface area (Å²) in [5, 5.41) is 9.91. The molecule has 0 spiro atoms. The molecule has 1 aliphatic carbocycles. The number of aliphatic hydroxyl groups is 1.